The van der Waals surface area contributed by atoms with Gasteiger partial charge < -0.3 is 9.47 Å². The molecule has 1 aromatic carbocycles. The fourth-order valence-electron chi connectivity index (χ4n) is 2.80. The number of morpholine rings is 1. The smallest absolute Gasteiger partial charge is 0.119 e. The minimum atomic E-state index is 0.348. The number of hydrogen-bond acceptors (Lipinski definition) is 3. The van der Waals surface area contributed by atoms with E-state index in [0.29, 0.717) is 12.2 Å². The molecule has 112 valence electrons. The highest BCUT2D eigenvalue weighted by Gasteiger charge is 2.21. The van der Waals surface area contributed by atoms with Gasteiger partial charge in [0, 0.05) is 19.6 Å². The molecule has 0 spiro atoms. The van der Waals surface area contributed by atoms with E-state index in [1.54, 1.807) is 0 Å². The minimum absolute atomic E-state index is 0.348. The maximum absolute atomic E-state index is 5.84. The van der Waals surface area contributed by atoms with Crippen LogP contribution in [0, 0.1) is 0 Å². The average molecular weight is 277 g/mol. The quantitative estimate of drug-likeness (QED) is 0.746. The predicted octanol–water partition coefficient (Wildman–Crippen LogP) is 3.13. The van der Waals surface area contributed by atoms with Gasteiger partial charge in [0.05, 0.1) is 18.8 Å². The van der Waals surface area contributed by atoms with Gasteiger partial charge in [0.25, 0.3) is 0 Å². The third-order valence-corrected chi connectivity index (χ3v) is 3.69. The van der Waals surface area contributed by atoms with E-state index in [0.717, 1.165) is 44.8 Å². The van der Waals surface area contributed by atoms with Crippen LogP contribution < -0.4 is 4.74 Å². The Balaban J connectivity index is 1.68. The first-order valence-electron chi connectivity index (χ1n) is 7.77. The number of ether oxygens (including phenoxy) is 2. The Morgan fingerprint density at radius 2 is 2.00 bits per heavy atom. The second-order valence-electron chi connectivity index (χ2n) is 5.72. The van der Waals surface area contributed by atoms with Gasteiger partial charge in [0.15, 0.2) is 0 Å². The van der Waals surface area contributed by atoms with E-state index in [4.69, 9.17) is 9.47 Å². The molecule has 1 heterocycles. The van der Waals surface area contributed by atoms with Gasteiger partial charge >= 0.3 is 0 Å². The van der Waals surface area contributed by atoms with Crippen molar-refractivity contribution in [3.63, 3.8) is 0 Å². The van der Waals surface area contributed by atoms with Crippen molar-refractivity contribution in [3.05, 3.63) is 29.8 Å². The molecule has 1 aromatic rings. The summed E-state index contributed by atoms with van der Waals surface area (Å²) >= 11 is 0. The summed E-state index contributed by atoms with van der Waals surface area (Å²) in [5, 5.41) is 0. The first kappa shape index (κ1) is 15.3. The zero-order chi connectivity index (χ0) is 14.4. The fourth-order valence-corrected chi connectivity index (χ4v) is 2.80. The zero-order valence-corrected chi connectivity index (χ0v) is 13.0. The van der Waals surface area contributed by atoms with Crippen LogP contribution in [0.4, 0.5) is 0 Å². The molecule has 2 unspecified atom stereocenters. The lowest BCUT2D eigenvalue weighted by atomic mass is 10.2. The van der Waals surface area contributed by atoms with Crippen LogP contribution in [0.1, 0.15) is 32.8 Å². The molecule has 2 atom stereocenters. The minimum Gasteiger partial charge on any atom is -0.494 e. The number of hydrogen-bond donors (Lipinski definition) is 0. The molecular weight excluding hydrogens is 250 g/mol. The maximum atomic E-state index is 5.84. The topological polar surface area (TPSA) is 21.7 Å². The van der Waals surface area contributed by atoms with Gasteiger partial charge in [0.2, 0.25) is 0 Å². The lowest BCUT2D eigenvalue weighted by molar-refractivity contribution is -0.0686. The monoisotopic (exact) mass is 277 g/mol. The van der Waals surface area contributed by atoms with Crippen molar-refractivity contribution in [2.45, 2.75) is 45.8 Å². The molecule has 1 fully saturated rings. The largest absolute Gasteiger partial charge is 0.494 e. The van der Waals surface area contributed by atoms with Crippen molar-refractivity contribution >= 4 is 0 Å². The van der Waals surface area contributed by atoms with Crippen molar-refractivity contribution in [2.75, 3.05) is 26.2 Å². The normalized spacial score (nSPS) is 23.8. The molecule has 3 nitrogen and oxygen atoms in total. The van der Waals surface area contributed by atoms with E-state index in [-0.39, 0.29) is 0 Å². The molecule has 0 aromatic heterocycles. The first-order valence-corrected chi connectivity index (χ1v) is 7.77. The van der Waals surface area contributed by atoms with Crippen LogP contribution in [0.2, 0.25) is 0 Å². The van der Waals surface area contributed by atoms with Crippen LogP contribution in [-0.4, -0.2) is 43.3 Å². The second-order valence-corrected chi connectivity index (χ2v) is 5.72. The van der Waals surface area contributed by atoms with E-state index in [1.807, 2.05) is 6.07 Å². The number of aryl methyl sites for hydroxylation is 1. The second kappa shape index (κ2) is 7.65. The molecule has 0 aliphatic carbocycles. The molecule has 0 N–H and O–H groups in total. The zero-order valence-electron chi connectivity index (χ0n) is 13.0. The molecule has 1 aliphatic rings. The van der Waals surface area contributed by atoms with Crippen LogP contribution >= 0.6 is 0 Å². The molecular formula is C17H27NO2. The van der Waals surface area contributed by atoms with Crippen molar-refractivity contribution in [1.82, 2.24) is 4.90 Å². The molecule has 1 saturated heterocycles. The van der Waals surface area contributed by atoms with E-state index in [1.165, 1.54) is 5.56 Å². The highest BCUT2D eigenvalue weighted by Crippen LogP contribution is 2.14. The summed E-state index contributed by atoms with van der Waals surface area (Å²) in [6.45, 7) is 10.4. The predicted molar refractivity (Wildman–Crippen MR) is 82.4 cm³/mol. The summed E-state index contributed by atoms with van der Waals surface area (Å²) in [5.74, 6) is 0.994. The third-order valence-electron chi connectivity index (χ3n) is 3.69. The molecule has 20 heavy (non-hydrogen) atoms. The van der Waals surface area contributed by atoms with E-state index >= 15 is 0 Å². The lowest BCUT2D eigenvalue weighted by Gasteiger charge is -2.35. The molecule has 3 heteroatoms. The van der Waals surface area contributed by atoms with E-state index in [2.05, 4.69) is 43.9 Å². The van der Waals surface area contributed by atoms with Crippen molar-refractivity contribution in [1.29, 1.82) is 0 Å². The Morgan fingerprint density at radius 1 is 1.25 bits per heavy atom. The highest BCUT2D eigenvalue weighted by atomic mass is 16.5. The molecule has 2 rings (SSSR count). The Kier molecular flexibility index (Phi) is 5.86. The third kappa shape index (κ3) is 4.80. The standard InChI is InChI=1S/C17H27NO2/c1-4-16-7-5-8-17(11-16)19-10-6-9-18-12-14(2)20-15(3)13-18/h5,7-8,11,14-15H,4,6,9-10,12-13H2,1-3H3. The summed E-state index contributed by atoms with van der Waals surface area (Å²) in [7, 11) is 0. The summed E-state index contributed by atoms with van der Waals surface area (Å²) in [5.41, 5.74) is 1.33. The maximum Gasteiger partial charge on any atom is 0.119 e. The molecule has 0 radical (unpaired) electrons. The first-order chi connectivity index (χ1) is 9.67. The van der Waals surface area contributed by atoms with Gasteiger partial charge in [-0.25, -0.2) is 0 Å². The van der Waals surface area contributed by atoms with Crippen LogP contribution in [-0.2, 0) is 11.2 Å². The van der Waals surface area contributed by atoms with Crippen molar-refractivity contribution < 1.29 is 9.47 Å². The summed E-state index contributed by atoms with van der Waals surface area (Å²) in [6.07, 6.45) is 2.82. The Hall–Kier alpha value is -1.06. The Bertz CT molecular complexity index is 398. The van der Waals surface area contributed by atoms with Crippen LogP contribution in [0.3, 0.4) is 0 Å². The SMILES string of the molecule is CCc1cccc(OCCCN2CC(C)OC(C)C2)c1. The highest BCUT2D eigenvalue weighted by molar-refractivity contribution is 5.28. The summed E-state index contributed by atoms with van der Waals surface area (Å²) in [6, 6.07) is 8.39. The van der Waals surface area contributed by atoms with Gasteiger partial charge in [-0.2, -0.15) is 0 Å². The number of nitrogens with zero attached hydrogens (tertiary/aromatic N) is 1. The molecule has 0 amide bonds. The summed E-state index contributed by atoms with van der Waals surface area (Å²) < 4.78 is 11.6. The van der Waals surface area contributed by atoms with Gasteiger partial charge in [-0.3, -0.25) is 4.90 Å². The van der Waals surface area contributed by atoms with Gasteiger partial charge in [0.1, 0.15) is 5.75 Å². The molecule has 0 saturated carbocycles. The van der Waals surface area contributed by atoms with E-state index < -0.39 is 0 Å². The van der Waals surface area contributed by atoms with E-state index in [9.17, 15) is 0 Å². The Morgan fingerprint density at radius 3 is 2.70 bits per heavy atom. The fraction of sp³-hybridized carbons (Fsp3) is 0.647. The van der Waals surface area contributed by atoms with Crippen molar-refractivity contribution in [2.24, 2.45) is 0 Å². The average Bonchev–Trinajstić information content (AvgIpc) is 2.43. The molecule has 1 aliphatic heterocycles. The van der Waals surface area contributed by atoms with Gasteiger partial charge in [-0.1, -0.05) is 19.1 Å². The van der Waals surface area contributed by atoms with Crippen LogP contribution in [0.15, 0.2) is 24.3 Å². The van der Waals surface area contributed by atoms with Gasteiger partial charge in [-0.05, 0) is 44.4 Å². The summed E-state index contributed by atoms with van der Waals surface area (Å²) in [4.78, 5) is 2.48. The van der Waals surface area contributed by atoms with Crippen LogP contribution in [0.25, 0.3) is 0 Å². The molecule has 0 bridgehead atoms. The number of rotatable bonds is 6. The Labute approximate surface area is 122 Å². The number of benzene rings is 1. The van der Waals surface area contributed by atoms with Crippen LogP contribution in [0.5, 0.6) is 5.75 Å². The van der Waals surface area contributed by atoms with Crippen molar-refractivity contribution in [3.8, 4) is 5.75 Å². The van der Waals surface area contributed by atoms with Gasteiger partial charge in [-0.15, -0.1) is 0 Å². The lowest BCUT2D eigenvalue weighted by Crippen LogP contribution is -2.45.